The number of nitrogens with one attached hydrogen (secondary N) is 3. The van der Waals surface area contributed by atoms with Crippen molar-refractivity contribution in [3.05, 3.63) is 60.7 Å². The van der Waals surface area contributed by atoms with Gasteiger partial charge in [-0.3, -0.25) is 19.1 Å². The average Bonchev–Trinajstić information content (AvgIpc) is 3.90. The number of benzene rings is 1. The van der Waals surface area contributed by atoms with Gasteiger partial charge in [0.1, 0.15) is 29.5 Å². The number of allylic oxidation sites excluding steroid dienone is 3. The summed E-state index contributed by atoms with van der Waals surface area (Å²) in [5, 5.41) is 7.01. The second-order valence-corrected chi connectivity index (χ2v) is 17.7. The number of hydrogen-bond acceptors (Lipinski definition) is 10. The first-order chi connectivity index (χ1) is 24.0. The topological polar surface area (TPSA) is 156 Å². The lowest BCUT2D eigenvalue weighted by molar-refractivity contribution is -0.140. The Hall–Kier alpha value is -3.78. The van der Waals surface area contributed by atoms with Crippen LogP contribution in [0.5, 0.6) is 5.75 Å². The monoisotopic (exact) mass is 723 g/mol. The Labute approximate surface area is 297 Å². The molecule has 3 N–H and O–H groups in total. The van der Waals surface area contributed by atoms with Crippen LogP contribution in [0.1, 0.15) is 64.7 Å². The van der Waals surface area contributed by atoms with E-state index in [2.05, 4.69) is 21.4 Å². The van der Waals surface area contributed by atoms with Crippen LogP contribution in [-0.2, 0) is 29.1 Å². The Morgan fingerprint density at radius 2 is 1.94 bits per heavy atom. The summed E-state index contributed by atoms with van der Waals surface area (Å²) in [6.07, 6.45) is 16.7. The summed E-state index contributed by atoms with van der Waals surface area (Å²) in [5.41, 5.74) is -0.712. The second kappa shape index (κ2) is 13.7. The van der Waals surface area contributed by atoms with Crippen molar-refractivity contribution in [3.63, 3.8) is 0 Å². The van der Waals surface area contributed by atoms with E-state index in [1.807, 2.05) is 54.6 Å². The van der Waals surface area contributed by atoms with Gasteiger partial charge in [0.15, 0.2) is 0 Å². The Morgan fingerprint density at radius 3 is 2.72 bits per heavy atom. The molecule has 1 aromatic carbocycles. The van der Waals surface area contributed by atoms with E-state index in [0.717, 1.165) is 31.4 Å². The lowest BCUT2D eigenvalue weighted by Gasteiger charge is -2.30. The predicted molar refractivity (Wildman–Crippen MR) is 192 cm³/mol. The highest BCUT2D eigenvalue weighted by Crippen LogP contribution is 2.47. The van der Waals surface area contributed by atoms with Gasteiger partial charge in [0.05, 0.1) is 29.7 Å². The molecule has 0 spiro atoms. The first-order valence-electron chi connectivity index (χ1n) is 17.5. The minimum Gasteiger partial charge on any atom is -0.497 e. The van der Waals surface area contributed by atoms with Crippen LogP contribution in [0.3, 0.4) is 0 Å². The molecule has 3 aliphatic carbocycles. The van der Waals surface area contributed by atoms with Crippen molar-refractivity contribution >= 4 is 50.4 Å². The summed E-state index contributed by atoms with van der Waals surface area (Å²) < 4.78 is 39.3. The number of methoxy groups -OCH3 is 1. The average molecular weight is 724 g/mol. The van der Waals surface area contributed by atoms with Crippen molar-refractivity contribution in [1.82, 2.24) is 14.9 Å². The van der Waals surface area contributed by atoms with Crippen LogP contribution < -0.4 is 20.1 Å². The van der Waals surface area contributed by atoms with Crippen LogP contribution in [0.2, 0.25) is 0 Å². The van der Waals surface area contributed by atoms with E-state index in [0.29, 0.717) is 30.2 Å². The molecule has 2 unspecified atom stereocenters. The number of carbonyl (C=O) groups is 3. The number of fused-ring (bicyclic) bond motifs is 3. The van der Waals surface area contributed by atoms with Gasteiger partial charge in [-0.1, -0.05) is 67.1 Å². The number of aliphatic imine (C=N–C) groups is 1. The molecule has 7 atom stereocenters. The third-order valence-corrected chi connectivity index (χ3v) is 14.0. The van der Waals surface area contributed by atoms with Crippen molar-refractivity contribution in [1.29, 1.82) is 0 Å². The number of nitrogens with zero attached hydrogens (tertiary/aromatic N) is 2. The number of hydrogen-bond donors (Lipinski definition) is 3. The fourth-order valence-electron chi connectivity index (χ4n) is 7.13. The normalized spacial score (nSPS) is 33.7. The van der Waals surface area contributed by atoms with E-state index in [9.17, 15) is 22.8 Å². The Balaban J connectivity index is 1.16. The van der Waals surface area contributed by atoms with Gasteiger partial charge >= 0.3 is 0 Å². The standard InChI is InChI=1S/C36H45N5O7S2/c1-35(17-18-35)50(45,46)40-33(44)36-21-23(36)11-6-4-3-5-7-15-28(37-24-12-10-13-25(19-24)47-2)32(43)41-22-26(20-29(41)31(42)39-36)48-34-38-27-14-8-9-16-30(27)49-34/h6,8-14,16,19,23,26-30,37H,3-5,7,15,17-18,20-22H2,1-2H3,(H,39,42)(H,40,44)/b11-6-/t23-,26-,27?,28+,29+,30?,36-/m1/s1. The molecule has 1 saturated heterocycles. The van der Waals surface area contributed by atoms with E-state index in [4.69, 9.17) is 14.5 Å². The number of rotatable bonds is 7. The van der Waals surface area contributed by atoms with Gasteiger partial charge in [-0.25, -0.2) is 13.4 Å². The number of amides is 3. The Morgan fingerprint density at radius 1 is 1.12 bits per heavy atom. The van der Waals surface area contributed by atoms with Crippen LogP contribution in [0.15, 0.2) is 65.7 Å². The third-order valence-electron chi connectivity index (χ3n) is 10.7. The molecule has 50 heavy (non-hydrogen) atoms. The van der Waals surface area contributed by atoms with Crippen molar-refractivity contribution in [2.24, 2.45) is 10.9 Å². The Bertz CT molecular complexity index is 1760. The first-order valence-corrected chi connectivity index (χ1v) is 19.9. The highest BCUT2D eigenvalue weighted by molar-refractivity contribution is 8.14. The van der Waals surface area contributed by atoms with E-state index >= 15 is 0 Å². The highest BCUT2D eigenvalue weighted by Gasteiger charge is 2.63. The molecule has 7 rings (SSSR count). The van der Waals surface area contributed by atoms with Crippen molar-refractivity contribution in [2.45, 2.75) is 104 Å². The number of carbonyl (C=O) groups excluding carboxylic acids is 3. The lowest BCUT2D eigenvalue weighted by atomic mass is 10.0. The number of ether oxygens (including phenoxy) is 2. The van der Waals surface area contributed by atoms with Gasteiger partial charge < -0.3 is 25.0 Å². The molecule has 1 aromatic rings. The largest absolute Gasteiger partial charge is 0.497 e. The SMILES string of the molecule is COc1cccc(N[C@H]2CCCCC/C=C\[C@@H]3C[C@@]3(C(=O)NS(=O)(=O)C3(C)CC3)NC(=O)[C@@H]3C[C@@H](OC4=NC5C=CC=CC5S4)CN3C2=O)c1. The molecule has 0 radical (unpaired) electrons. The molecule has 3 aliphatic heterocycles. The van der Waals surface area contributed by atoms with Crippen LogP contribution in [0, 0.1) is 5.92 Å². The zero-order valence-electron chi connectivity index (χ0n) is 28.4. The molecule has 0 bridgehead atoms. The molecule has 0 aromatic heterocycles. The van der Waals surface area contributed by atoms with E-state index in [1.165, 1.54) is 11.8 Å². The van der Waals surface area contributed by atoms with Gasteiger partial charge in [0, 0.05) is 24.1 Å². The summed E-state index contributed by atoms with van der Waals surface area (Å²) in [5.74, 6) is -1.21. The minimum absolute atomic E-state index is 0.0272. The van der Waals surface area contributed by atoms with Crippen LogP contribution in [0.25, 0.3) is 0 Å². The molecule has 268 valence electrons. The molecule has 3 amide bonds. The van der Waals surface area contributed by atoms with Crippen molar-refractivity contribution in [3.8, 4) is 5.75 Å². The maximum atomic E-state index is 14.5. The van der Waals surface area contributed by atoms with Gasteiger partial charge in [-0.15, -0.1) is 0 Å². The molecule has 3 fully saturated rings. The molecule has 6 aliphatic rings. The highest BCUT2D eigenvalue weighted by atomic mass is 32.2. The minimum atomic E-state index is -3.93. The first kappa shape index (κ1) is 34.7. The molecule has 3 heterocycles. The zero-order chi connectivity index (χ0) is 35.1. The lowest BCUT2D eigenvalue weighted by Crippen LogP contribution is -2.58. The molecular weight excluding hydrogens is 679 g/mol. The van der Waals surface area contributed by atoms with Gasteiger partial charge in [-0.2, -0.15) is 0 Å². The fourth-order valence-corrected chi connectivity index (χ4v) is 9.51. The van der Waals surface area contributed by atoms with Gasteiger partial charge in [0.2, 0.25) is 27.1 Å². The summed E-state index contributed by atoms with van der Waals surface area (Å²) >= 11 is 1.52. The third kappa shape index (κ3) is 7.05. The maximum Gasteiger partial charge on any atom is 0.259 e. The van der Waals surface area contributed by atoms with Gasteiger partial charge in [0.25, 0.3) is 5.91 Å². The van der Waals surface area contributed by atoms with E-state index in [-0.39, 0.29) is 42.5 Å². The molecule has 14 heteroatoms. The number of thioether (sulfide) groups is 1. The summed E-state index contributed by atoms with van der Waals surface area (Å²) in [6, 6.07) is 5.77. The van der Waals surface area contributed by atoms with Gasteiger partial charge in [-0.05, 0) is 57.6 Å². The van der Waals surface area contributed by atoms with Crippen molar-refractivity contribution < 1.29 is 32.3 Å². The smallest absolute Gasteiger partial charge is 0.259 e. The Kier molecular flexibility index (Phi) is 9.52. The zero-order valence-corrected chi connectivity index (χ0v) is 30.0. The van der Waals surface area contributed by atoms with Crippen LogP contribution >= 0.6 is 11.8 Å². The molecular formula is C36H45N5O7S2. The van der Waals surface area contributed by atoms with Crippen LogP contribution in [0.4, 0.5) is 5.69 Å². The number of anilines is 1. The quantitative estimate of drug-likeness (QED) is 0.356. The van der Waals surface area contributed by atoms with Crippen molar-refractivity contribution in [2.75, 3.05) is 19.0 Å². The molecule has 2 saturated carbocycles. The maximum absolute atomic E-state index is 14.5. The summed E-state index contributed by atoms with van der Waals surface area (Å²) in [7, 11) is -2.34. The van der Waals surface area contributed by atoms with E-state index in [1.54, 1.807) is 18.9 Å². The molecule has 12 nitrogen and oxygen atoms in total. The second-order valence-electron chi connectivity index (χ2n) is 14.4. The van der Waals surface area contributed by atoms with Crippen LogP contribution in [-0.4, -0.2) is 89.7 Å². The van der Waals surface area contributed by atoms with E-state index < -0.39 is 50.3 Å². The summed E-state index contributed by atoms with van der Waals surface area (Å²) in [4.78, 5) is 48.9. The fraction of sp³-hybridized carbons (Fsp3) is 0.556. The predicted octanol–water partition coefficient (Wildman–Crippen LogP) is 3.82. The summed E-state index contributed by atoms with van der Waals surface area (Å²) in [6.45, 7) is 1.77. The number of sulfonamides is 1.